The third kappa shape index (κ3) is 2.92. The van der Waals surface area contributed by atoms with Gasteiger partial charge in [-0.1, -0.05) is 26.0 Å². The van der Waals surface area contributed by atoms with Crippen molar-refractivity contribution in [2.24, 2.45) is 0 Å². The number of rotatable bonds is 2. The molecular formula is C14H13F3N2. The van der Waals surface area contributed by atoms with Crippen molar-refractivity contribution in [3.8, 4) is 11.3 Å². The molecular weight excluding hydrogens is 253 g/mol. The number of aromatic nitrogens is 2. The number of alkyl halides is 3. The van der Waals surface area contributed by atoms with Crippen molar-refractivity contribution in [1.29, 1.82) is 0 Å². The standard InChI is InChI=1S/C14H13F3N2/c1-9(2)12-7-18-8-19-13(12)10-3-5-11(6-4-10)14(15,16)17/h3-9H,1-2H3. The Morgan fingerprint density at radius 1 is 1.05 bits per heavy atom. The van der Waals surface area contributed by atoms with E-state index in [1.807, 2.05) is 13.8 Å². The number of nitrogens with zero attached hydrogens (tertiary/aromatic N) is 2. The largest absolute Gasteiger partial charge is 0.416 e. The molecule has 100 valence electrons. The van der Waals surface area contributed by atoms with Crippen LogP contribution >= 0.6 is 0 Å². The van der Waals surface area contributed by atoms with E-state index >= 15 is 0 Å². The second kappa shape index (κ2) is 4.99. The van der Waals surface area contributed by atoms with Crippen molar-refractivity contribution < 1.29 is 13.2 Å². The maximum atomic E-state index is 12.5. The van der Waals surface area contributed by atoms with E-state index in [1.54, 1.807) is 6.20 Å². The first kappa shape index (κ1) is 13.5. The summed E-state index contributed by atoms with van der Waals surface area (Å²) in [5.74, 6) is 0.207. The van der Waals surface area contributed by atoms with Crippen molar-refractivity contribution in [1.82, 2.24) is 9.97 Å². The third-order valence-corrected chi connectivity index (χ3v) is 2.85. The molecule has 0 saturated carbocycles. The Balaban J connectivity index is 2.43. The highest BCUT2D eigenvalue weighted by atomic mass is 19.4. The van der Waals surface area contributed by atoms with Gasteiger partial charge in [0.25, 0.3) is 0 Å². The van der Waals surface area contributed by atoms with E-state index in [1.165, 1.54) is 18.5 Å². The average molecular weight is 266 g/mol. The summed E-state index contributed by atoms with van der Waals surface area (Å²) in [5, 5.41) is 0. The van der Waals surface area contributed by atoms with E-state index in [0.29, 0.717) is 11.3 Å². The average Bonchev–Trinajstić information content (AvgIpc) is 2.38. The van der Waals surface area contributed by atoms with Crippen LogP contribution in [-0.2, 0) is 6.18 Å². The minimum absolute atomic E-state index is 0.207. The van der Waals surface area contributed by atoms with Crippen LogP contribution in [0.2, 0.25) is 0 Å². The third-order valence-electron chi connectivity index (χ3n) is 2.85. The summed E-state index contributed by atoms with van der Waals surface area (Å²) in [6.45, 7) is 3.98. The molecule has 2 nitrogen and oxygen atoms in total. The molecule has 0 fully saturated rings. The lowest BCUT2D eigenvalue weighted by atomic mass is 9.98. The Morgan fingerprint density at radius 2 is 1.68 bits per heavy atom. The molecule has 1 heterocycles. The smallest absolute Gasteiger partial charge is 0.244 e. The lowest BCUT2D eigenvalue weighted by Crippen LogP contribution is -2.04. The van der Waals surface area contributed by atoms with Gasteiger partial charge in [-0.3, -0.25) is 0 Å². The zero-order valence-corrected chi connectivity index (χ0v) is 10.6. The fourth-order valence-electron chi connectivity index (χ4n) is 1.82. The summed E-state index contributed by atoms with van der Waals surface area (Å²) in [7, 11) is 0. The van der Waals surface area contributed by atoms with E-state index in [-0.39, 0.29) is 5.92 Å². The van der Waals surface area contributed by atoms with Gasteiger partial charge >= 0.3 is 6.18 Å². The van der Waals surface area contributed by atoms with Gasteiger partial charge in [0.1, 0.15) is 6.33 Å². The molecule has 0 bridgehead atoms. The van der Waals surface area contributed by atoms with Gasteiger partial charge < -0.3 is 0 Å². The van der Waals surface area contributed by atoms with Gasteiger partial charge in [-0.25, -0.2) is 9.97 Å². The van der Waals surface area contributed by atoms with E-state index in [2.05, 4.69) is 9.97 Å². The van der Waals surface area contributed by atoms with Gasteiger partial charge in [0, 0.05) is 11.8 Å². The fraction of sp³-hybridized carbons (Fsp3) is 0.286. The normalized spacial score (nSPS) is 11.9. The summed E-state index contributed by atoms with van der Waals surface area (Å²) in [5.41, 5.74) is 1.61. The second-order valence-corrected chi connectivity index (χ2v) is 4.56. The minimum Gasteiger partial charge on any atom is -0.244 e. The maximum Gasteiger partial charge on any atom is 0.416 e. The van der Waals surface area contributed by atoms with Gasteiger partial charge in [0.05, 0.1) is 11.3 Å². The lowest BCUT2D eigenvalue weighted by molar-refractivity contribution is -0.137. The highest BCUT2D eigenvalue weighted by Crippen LogP contribution is 2.32. The number of benzene rings is 1. The van der Waals surface area contributed by atoms with Crippen molar-refractivity contribution in [2.45, 2.75) is 25.9 Å². The molecule has 1 aromatic heterocycles. The molecule has 0 N–H and O–H groups in total. The zero-order valence-electron chi connectivity index (χ0n) is 10.6. The van der Waals surface area contributed by atoms with E-state index in [0.717, 1.165) is 17.7 Å². The maximum absolute atomic E-state index is 12.5. The molecule has 1 aromatic carbocycles. The molecule has 0 aliphatic heterocycles. The molecule has 0 saturated heterocycles. The quantitative estimate of drug-likeness (QED) is 0.810. The van der Waals surface area contributed by atoms with Gasteiger partial charge in [-0.15, -0.1) is 0 Å². The monoisotopic (exact) mass is 266 g/mol. The van der Waals surface area contributed by atoms with Crippen LogP contribution in [0.5, 0.6) is 0 Å². The van der Waals surface area contributed by atoms with Crippen LogP contribution in [-0.4, -0.2) is 9.97 Å². The lowest BCUT2D eigenvalue weighted by Gasteiger charge is -2.12. The second-order valence-electron chi connectivity index (χ2n) is 4.56. The Morgan fingerprint density at radius 3 is 2.21 bits per heavy atom. The Bertz CT molecular complexity index is 560. The molecule has 0 aliphatic rings. The Kier molecular flexibility index (Phi) is 3.55. The molecule has 0 aliphatic carbocycles. The molecule has 19 heavy (non-hydrogen) atoms. The molecule has 0 amide bonds. The zero-order chi connectivity index (χ0) is 14.0. The van der Waals surface area contributed by atoms with Crippen LogP contribution in [0.4, 0.5) is 13.2 Å². The van der Waals surface area contributed by atoms with Crippen LogP contribution in [0, 0.1) is 0 Å². The van der Waals surface area contributed by atoms with Crippen LogP contribution in [0.1, 0.15) is 30.9 Å². The predicted octanol–water partition coefficient (Wildman–Crippen LogP) is 4.29. The highest BCUT2D eigenvalue weighted by Gasteiger charge is 2.30. The first-order valence-electron chi connectivity index (χ1n) is 5.87. The van der Waals surface area contributed by atoms with Crippen molar-refractivity contribution in [3.05, 3.63) is 47.9 Å². The van der Waals surface area contributed by atoms with Gasteiger partial charge in [-0.2, -0.15) is 13.2 Å². The summed E-state index contributed by atoms with van der Waals surface area (Å²) >= 11 is 0. The van der Waals surface area contributed by atoms with Gasteiger partial charge in [0.2, 0.25) is 0 Å². The number of hydrogen-bond acceptors (Lipinski definition) is 2. The molecule has 0 unspecified atom stereocenters. The molecule has 2 aromatic rings. The number of hydrogen-bond donors (Lipinski definition) is 0. The minimum atomic E-state index is -4.31. The Hall–Kier alpha value is -1.91. The first-order chi connectivity index (χ1) is 8.89. The summed E-state index contributed by atoms with van der Waals surface area (Å²) < 4.78 is 37.5. The fourth-order valence-corrected chi connectivity index (χ4v) is 1.82. The van der Waals surface area contributed by atoms with Gasteiger partial charge in [0.15, 0.2) is 0 Å². The van der Waals surface area contributed by atoms with Crippen LogP contribution in [0.25, 0.3) is 11.3 Å². The summed E-state index contributed by atoms with van der Waals surface area (Å²) in [6, 6.07) is 5.02. The highest BCUT2D eigenvalue weighted by molar-refractivity contribution is 5.63. The molecule has 5 heteroatoms. The van der Waals surface area contributed by atoms with E-state index in [4.69, 9.17) is 0 Å². The van der Waals surface area contributed by atoms with Crippen LogP contribution < -0.4 is 0 Å². The van der Waals surface area contributed by atoms with Crippen molar-refractivity contribution >= 4 is 0 Å². The Labute approximate surface area is 109 Å². The van der Waals surface area contributed by atoms with E-state index < -0.39 is 11.7 Å². The van der Waals surface area contributed by atoms with E-state index in [9.17, 15) is 13.2 Å². The van der Waals surface area contributed by atoms with Crippen LogP contribution in [0.3, 0.4) is 0 Å². The SMILES string of the molecule is CC(C)c1cncnc1-c1ccc(C(F)(F)F)cc1. The van der Waals surface area contributed by atoms with Crippen molar-refractivity contribution in [2.75, 3.05) is 0 Å². The van der Waals surface area contributed by atoms with Crippen molar-refractivity contribution in [3.63, 3.8) is 0 Å². The first-order valence-corrected chi connectivity index (χ1v) is 5.87. The molecule has 2 rings (SSSR count). The number of halogens is 3. The topological polar surface area (TPSA) is 25.8 Å². The predicted molar refractivity (Wildman–Crippen MR) is 66.6 cm³/mol. The molecule has 0 radical (unpaired) electrons. The van der Waals surface area contributed by atoms with Gasteiger partial charge in [-0.05, 0) is 23.6 Å². The summed E-state index contributed by atoms with van der Waals surface area (Å²) in [4.78, 5) is 8.13. The van der Waals surface area contributed by atoms with Crippen LogP contribution in [0.15, 0.2) is 36.8 Å². The summed E-state index contributed by atoms with van der Waals surface area (Å²) in [6.07, 6.45) is -1.21. The molecule has 0 atom stereocenters. The molecule has 0 spiro atoms.